The van der Waals surface area contributed by atoms with Crippen molar-refractivity contribution in [2.75, 3.05) is 37.7 Å². The summed E-state index contributed by atoms with van der Waals surface area (Å²) in [6, 6.07) is 6.41. The van der Waals surface area contributed by atoms with Crippen LogP contribution in [0.25, 0.3) is 0 Å². The van der Waals surface area contributed by atoms with Crippen LogP contribution in [-0.4, -0.2) is 59.8 Å². The number of hydrogen-bond acceptors (Lipinski definition) is 4. The van der Waals surface area contributed by atoms with Gasteiger partial charge < -0.3 is 20.2 Å². The predicted molar refractivity (Wildman–Crippen MR) is 94.1 cm³/mol. The zero-order chi connectivity index (χ0) is 16.9. The molecule has 3 rings (SSSR count). The van der Waals surface area contributed by atoms with Crippen molar-refractivity contribution in [1.82, 2.24) is 15.2 Å². The van der Waals surface area contributed by atoms with Crippen molar-refractivity contribution in [1.29, 1.82) is 0 Å². The molecular weight excluding hydrogens is 304 g/mol. The van der Waals surface area contributed by atoms with Gasteiger partial charge in [0.2, 0.25) is 0 Å². The maximum atomic E-state index is 12.4. The lowest BCUT2D eigenvalue weighted by Gasteiger charge is -2.36. The molecule has 2 fully saturated rings. The van der Waals surface area contributed by atoms with Crippen LogP contribution in [0, 0.1) is 12.8 Å². The molecule has 0 spiro atoms. The van der Waals surface area contributed by atoms with Crippen molar-refractivity contribution < 1.29 is 9.90 Å². The fourth-order valence-corrected chi connectivity index (χ4v) is 3.54. The Morgan fingerprint density at radius 2 is 1.92 bits per heavy atom. The third-order valence-corrected chi connectivity index (χ3v) is 5.18. The Balaban J connectivity index is 1.44. The van der Waals surface area contributed by atoms with Crippen LogP contribution in [-0.2, 0) is 0 Å². The van der Waals surface area contributed by atoms with E-state index in [2.05, 4.69) is 21.3 Å². The number of aliphatic hydroxyl groups is 1. The van der Waals surface area contributed by atoms with Crippen LogP contribution in [0.1, 0.15) is 31.4 Å². The zero-order valence-electron chi connectivity index (χ0n) is 14.4. The maximum absolute atomic E-state index is 12.4. The van der Waals surface area contributed by atoms with Crippen molar-refractivity contribution in [3.05, 3.63) is 23.9 Å². The molecular formula is C18H28N4O2. The van der Waals surface area contributed by atoms with Crippen molar-refractivity contribution in [3.8, 4) is 0 Å². The molecule has 0 saturated carbocycles. The molecule has 2 aliphatic heterocycles. The van der Waals surface area contributed by atoms with Crippen LogP contribution < -0.4 is 10.2 Å². The fourth-order valence-electron chi connectivity index (χ4n) is 3.54. The Morgan fingerprint density at radius 3 is 2.54 bits per heavy atom. The number of rotatable bonds is 3. The van der Waals surface area contributed by atoms with Gasteiger partial charge in [-0.15, -0.1) is 0 Å². The first-order valence-electron chi connectivity index (χ1n) is 9.00. The molecule has 132 valence electrons. The Labute approximate surface area is 143 Å². The third kappa shape index (κ3) is 4.17. The molecule has 2 N–H and O–H groups in total. The van der Waals surface area contributed by atoms with Gasteiger partial charge in [0.15, 0.2) is 0 Å². The molecule has 0 radical (unpaired) electrons. The first-order valence-corrected chi connectivity index (χ1v) is 9.00. The number of amides is 2. The minimum absolute atomic E-state index is 0.0542. The van der Waals surface area contributed by atoms with Gasteiger partial charge in [-0.2, -0.15) is 0 Å². The van der Waals surface area contributed by atoms with Gasteiger partial charge in [0.25, 0.3) is 0 Å². The number of aryl methyl sites for hydroxylation is 1. The molecule has 1 aromatic rings. The number of hydrogen-bond donors (Lipinski definition) is 2. The number of aromatic nitrogens is 1. The fraction of sp³-hybridized carbons (Fsp3) is 0.667. The van der Waals surface area contributed by atoms with Crippen LogP contribution in [0.2, 0.25) is 0 Å². The van der Waals surface area contributed by atoms with Gasteiger partial charge in [-0.1, -0.05) is 6.07 Å². The largest absolute Gasteiger partial charge is 0.396 e. The van der Waals surface area contributed by atoms with Gasteiger partial charge in [0.1, 0.15) is 5.82 Å². The quantitative estimate of drug-likeness (QED) is 0.885. The summed E-state index contributed by atoms with van der Waals surface area (Å²) >= 11 is 0. The first kappa shape index (κ1) is 17.0. The molecule has 2 aliphatic rings. The number of nitrogens with one attached hydrogen (secondary N) is 1. The number of piperidine rings is 2. The average Bonchev–Trinajstić information content (AvgIpc) is 2.62. The van der Waals surface area contributed by atoms with Crippen molar-refractivity contribution in [2.45, 2.75) is 38.6 Å². The number of nitrogens with zero attached hydrogens (tertiary/aromatic N) is 3. The molecule has 2 saturated heterocycles. The summed E-state index contributed by atoms with van der Waals surface area (Å²) in [6.45, 7) is 5.60. The summed E-state index contributed by atoms with van der Waals surface area (Å²) in [5, 5.41) is 12.4. The summed E-state index contributed by atoms with van der Waals surface area (Å²) in [5.41, 5.74) is 1.04. The van der Waals surface area contributed by atoms with Crippen LogP contribution in [0.4, 0.5) is 10.6 Å². The maximum Gasteiger partial charge on any atom is 0.317 e. The summed E-state index contributed by atoms with van der Waals surface area (Å²) in [7, 11) is 0. The normalized spacial score (nSPS) is 20.2. The van der Waals surface area contributed by atoms with E-state index in [1.165, 1.54) is 0 Å². The molecule has 6 nitrogen and oxygen atoms in total. The Kier molecular flexibility index (Phi) is 5.56. The number of anilines is 1. The number of aliphatic hydroxyl groups excluding tert-OH is 1. The van der Waals surface area contributed by atoms with E-state index in [1.807, 2.05) is 24.0 Å². The lowest BCUT2D eigenvalue weighted by atomic mass is 9.98. The third-order valence-electron chi connectivity index (χ3n) is 5.18. The van der Waals surface area contributed by atoms with E-state index in [0.29, 0.717) is 5.92 Å². The minimum atomic E-state index is 0.0542. The molecule has 0 bridgehead atoms. The van der Waals surface area contributed by atoms with Gasteiger partial charge in [-0.3, -0.25) is 0 Å². The van der Waals surface area contributed by atoms with Gasteiger partial charge in [0, 0.05) is 44.5 Å². The molecule has 1 aromatic heterocycles. The number of pyridine rings is 1. The van der Waals surface area contributed by atoms with E-state index >= 15 is 0 Å². The van der Waals surface area contributed by atoms with Gasteiger partial charge >= 0.3 is 6.03 Å². The molecule has 0 atom stereocenters. The van der Waals surface area contributed by atoms with Crippen molar-refractivity contribution in [3.63, 3.8) is 0 Å². The van der Waals surface area contributed by atoms with Crippen molar-refractivity contribution in [2.24, 2.45) is 5.92 Å². The van der Waals surface area contributed by atoms with Crippen LogP contribution in [0.3, 0.4) is 0 Å². The van der Waals surface area contributed by atoms with Crippen LogP contribution in [0.5, 0.6) is 0 Å². The number of likely N-dealkylation sites (tertiary alicyclic amines) is 1. The second-order valence-electron chi connectivity index (χ2n) is 6.96. The number of urea groups is 1. The van der Waals surface area contributed by atoms with E-state index in [-0.39, 0.29) is 18.7 Å². The van der Waals surface area contributed by atoms with E-state index in [0.717, 1.165) is 63.4 Å². The summed E-state index contributed by atoms with van der Waals surface area (Å²) in [5.74, 6) is 1.39. The summed E-state index contributed by atoms with van der Waals surface area (Å²) < 4.78 is 0. The summed E-state index contributed by atoms with van der Waals surface area (Å²) in [4.78, 5) is 21.1. The second-order valence-corrected chi connectivity index (χ2v) is 6.96. The average molecular weight is 332 g/mol. The van der Waals surface area contributed by atoms with E-state index in [1.54, 1.807) is 0 Å². The molecule has 6 heteroatoms. The van der Waals surface area contributed by atoms with E-state index < -0.39 is 0 Å². The van der Waals surface area contributed by atoms with Gasteiger partial charge in [-0.05, 0) is 50.7 Å². The Bertz CT molecular complexity index is 550. The van der Waals surface area contributed by atoms with Crippen LogP contribution in [0.15, 0.2) is 18.2 Å². The monoisotopic (exact) mass is 332 g/mol. The lowest BCUT2D eigenvalue weighted by molar-refractivity contribution is 0.135. The van der Waals surface area contributed by atoms with Gasteiger partial charge in [-0.25, -0.2) is 9.78 Å². The SMILES string of the molecule is Cc1cccc(N2CCC(NC(=O)N3CCC(CO)CC3)CC2)n1. The van der Waals surface area contributed by atoms with E-state index in [4.69, 9.17) is 0 Å². The highest BCUT2D eigenvalue weighted by molar-refractivity contribution is 5.74. The smallest absolute Gasteiger partial charge is 0.317 e. The number of carbonyl (C=O) groups is 1. The molecule has 3 heterocycles. The molecule has 24 heavy (non-hydrogen) atoms. The predicted octanol–water partition coefficient (Wildman–Crippen LogP) is 1.77. The highest BCUT2D eigenvalue weighted by Crippen LogP contribution is 2.20. The second kappa shape index (κ2) is 7.83. The molecule has 0 aromatic carbocycles. The van der Waals surface area contributed by atoms with Crippen LogP contribution >= 0.6 is 0 Å². The first-order chi connectivity index (χ1) is 11.7. The molecule has 0 unspecified atom stereocenters. The Morgan fingerprint density at radius 1 is 1.21 bits per heavy atom. The zero-order valence-corrected chi connectivity index (χ0v) is 14.4. The Hall–Kier alpha value is -1.82. The topological polar surface area (TPSA) is 68.7 Å². The minimum Gasteiger partial charge on any atom is -0.396 e. The van der Waals surface area contributed by atoms with Gasteiger partial charge in [0.05, 0.1) is 0 Å². The lowest BCUT2D eigenvalue weighted by Crippen LogP contribution is -2.51. The van der Waals surface area contributed by atoms with E-state index in [9.17, 15) is 9.90 Å². The standard InChI is InChI=1S/C18H28N4O2/c1-14-3-2-4-17(19-14)21-11-7-16(8-12-21)20-18(24)22-9-5-15(13-23)6-10-22/h2-4,15-16,23H,5-13H2,1H3,(H,20,24). The number of carbonyl (C=O) groups excluding carboxylic acids is 1. The van der Waals surface area contributed by atoms with Crippen molar-refractivity contribution >= 4 is 11.8 Å². The molecule has 2 amide bonds. The highest BCUT2D eigenvalue weighted by Gasteiger charge is 2.26. The highest BCUT2D eigenvalue weighted by atomic mass is 16.3. The summed E-state index contributed by atoms with van der Waals surface area (Å²) in [6.07, 6.45) is 3.71. The molecule has 0 aliphatic carbocycles.